The second-order valence-electron chi connectivity index (χ2n) is 2.00. The summed E-state index contributed by atoms with van der Waals surface area (Å²) < 4.78 is 0.477. The fourth-order valence-electron chi connectivity index (χ4n) is 0.600. The van der Waals surface area contributed by atoms with Crippen LogP contribution in [0, 0.1) is 0 Å². The number of carbonyl (C=O) groups excluding carboxylic acids is 1. The highest BCUT2D eigenvalue weighted by Gasteiger charge is 2.01. The normalized spacial score (nSPS) is 9.83. The van der Waals surface area contributed by atoms with E-state index in [0.717, 1.165) is 5.69 Å². The summed E-state index contributed by atoms with van der Waals surface area (Å²) in [5.74, 6) is -0.237. The van der Waals surface area contributed by atoms with E-state index in [2.05, 4.69) is 10.3 Å². The Morgan fingerprint density at radius 3 is 3.00 bits per heavy atom. The van der Waals surface area contributed by atoms with Crippen molar-refractivity contribution in [3.8, 4) is 0 Å². The molecule has 1 aromatic rings. The minimum Gasteiger partial charge on any atom is -0.349 e. The fraction of sp³-hybridized carbons (Fsp3) is 0.333. The summed E-state index contributed by atoms with van der Waals surface area (Å²) in [5, 5.41) is 4.37. The van der Waals surface area contributed by atoms with Crippen LogP contribution in [0.1, 0.15) is 5.69 Å². The van der Waals surface area contributed by atoms with Crippen molar-refractivity contribution in [2.24, 2.45) is 0 Å². The van der Waals surface area contributed by atoms with Gasteiger partial charge in [-0.3, -0.25) is 4.79 Å². The minimum absolute atomic E-state index is 0.0299. The number of nitrogens with one attached hydrogen (secondary N) is 1. The van der Waals surface area contributed by atoms with E-state index in [4.69, 9.17) is 23.2 Å². The third kappa shape index (κ3) is 2.97. The Morgan fingerprint density at radius 1 is 1.75 bits per heavy atom. The maximum atomic E-state index is 10.7. The van der Waals surface area contributed by atoms with Crippen LogP contribution >= 0.6 is 34.5 Å². The van der Waals surface area contributed by atoms with E-state index in [1.807, 2.05) is 0 Å². The number of nitrogens with zero attached hydrogens (tertiary/aromatic N) is 1. The van der Waals surface area contributed by atoms with Crippen molar-refractivity contribution in [2.45, 2.75) is 6.54 Å². The van der Waals surface area contributed by atoms with Crippen LogP contribution in [0.4, 0.5) is 0 Å². The van der Waals surface area contributed by atoms with E-state index >= 15 is 0 Å². The molecule has 0 spiro atoms. The zero-order valence-corrected chi connectivity index (χ0v) is 8.34. The molecule has 1 amide bonds. The molecular formula is C6H6Cl2N2OS. The molecular weight excluding hydrogens is 219 g/mol. The van der Waals surface area contributed by atoms with Gasteiger partial charge in [0.25, 0.3) is 0 Å². The highest BCUT2D eigenvalue weighted by atomic mass is 35.5. The van der Waals surface area contributed by atoms with E-state index in [1.54, 1.807) is 5.38 Å². The topological polar surface area (TPSA) is 42.0 Å². The number of thiazole rings is 1. The molecule has 0 atom stereocenters. The molecule has 3 nitrogen and oxygen atoms in total. The Bertz CT molecular complexity index is 276. The molecule has 66 valence electrons. The second-order valence-corrected chi connectivity index (χ2v) is 3.71. The van der Waals surface area contributed by atoms with E-state index in [9.17, 15) is 4.79 Å². The molecule has 0 saturated carbocycles. The van der Waals surface area contributed by atoms with Gasteiger partial charge >= 0.3 is 0 Å². The van der Waals surface area contributed by atoms with Gasteiger partial charge < -0.3 is 5.32 Å². The first-order valence-corrected chi connectivity index (χ1v) is 4.94. The van der Waals surface area contributed by atoms with Crippen LogP contribution in [0.2, 0.25) is 4.47 Å². The number of halogens is 2. The molecule has 0 saturated heterocycles. The quantitative estimate of drug-likeness (QED) is 0.794. The number of carbonyl (C=O) groups is 1. The minimum atomic E-state index is -0.208. The Kier molecular flexibility index (Phi) is 3.78. The summed E-state index contributed by atoms with van der Waals surface area (Å²) in [5.41, 5.74) is 0.753. The SMILES string of the molecule is O=C(CCl)NCc1csc(Cl)n1. The maximum absolute atomic E-state index is 10.7. The summed E-state index contributed by atoms with van der Waals surface area (Å²) in [6, 6.07) is 0. The van der Waals surface area contributed by atoms with Gasteiger partial charge in [-0.1, -0.05) is 11.6 Å². The van der Waals surface area contributed by atoms with Gasteiger partial charge in [0, 0.05) is 5.38 Å². The van der Waals surface area contributed by atoms with Crippen LogP contribution in [0.5, 0.6) is 0 Å². The zero-order chi connectivity index (χ0) is 8.97. The zero-order valence-electron chi connectivity index (χ0n) is 6.01. The van der Waals surface area contributed by atoms with Gasteiger partial charge in [0.1, 0.15) is 5.88 Å². The molecule has 1 aromatic heterocycles. The largest absolute Gasteiger partial charge is 0.349 e. The monoisotopic (exact) mass is 224 g/mol. The predicted molar refractivity (Wildman–Crippen MR) is 49.7 cm³/mol. The first-order chi connectivity index (χ1) is 5.72. The molecule has 0 bridgehead atoms. The third-order valence-corrected chi connectivity index (χ3v) is 2.38. The molecule has 0 aromatic carbocycles. The van der Waals surface area contributed by atoms with Crippen molar-refractivity contribution in [1.29, 1.82) is 0 Å². The smallest absolute Gasteiger partial charge is 0.235 e. The van der Waals surface area contributed by atoms with Gasteiger partial charge in [0.15, 0.2) is 4.47 Å². The number of rotatable bonds is 3. The molecule has 0 radical (unpaired) electrons. The number of alkyl halides is 1. The molecule has 0 aliphatic rings. The molecule has 0 unspecified atom stereocenters. The van der Waals surface area contributed by atoms with E-state index < -0.39 is 0 Å². The predicted octanol–water partition coefficient (Wildman–Crippen LogP) is 1.65. The van der Waals surface area contributed by atoms with Crippen LogP contribution in [-0.2, 0) is 11.3 Å². The maximum Gasteiger partial charge on any atom is 0.235 e. The van der Waals surface area contributed by atoms with Gasteiger partial charge in [-0.15, -0.1) is 22.9 Å². The lowest BCUT2D eigenvalue weighted by molar-refractivity contribution is -0.118. The van der Waals surface area contributed by atoms with Crippen molar-refractivity contribution in [3.05, 3.63) is 15.5 Å². The average Bonchev–Trinajstić information content (AvgIpc) is 2.47. The fourth-order valence-corrected chi connectivity index (χ4v) is 1.48. The molecule has 0 aliphatic carbocycles. The Hall–Kier alpha value is -0.320. The summed E-state index contributed by atoms with van der Waals surface area (Å²) >= 11 is 12.2. The standard InChI is InChI=1S/C6H6Cl2N2OS/c7-1-5(11)9-2-4-3-12-6(8)10-4/h3H,1-2H2,(H,9,11). The highest BCUT2D eigenvalue weighted by Crippen LogP contribution is 2.14. The van der Waals surface area contributed by atoms with Crippen molar-refractivity contribution < 1.29 is 4.79 Å². The molecule has 12 heavy (non-hydrogen) atoms. The first-order valence-electron chi connectivity index (χ1n) is 3.15. The third-order valence-electron chi connectivity index (χ3n) is 1.11. The van der Waals surface area contributed by atoms with Crippen LogP contribution in [0.3, 0.4) is 0 Å². The van der Waals surface area contributed by atoms with Gasteiger partial charge in [-0.25, -0.2) is 4.98 Å². The van der Waals surface area contributed by atoms with Gasteiger partial charge in [0.05, 0.1) is 12.2 Å². The lowest BCUT2D eigenvalue weighted by Crippen LogP contribution is -2.23. The van der Waals surface area contributed by atoms with E-state index in [0.29, 0.717) is 11.0 Å². The second kappa shape index (κ2) is 4.64. The van der Waals surface area contributed by atoms with Crippen molar-refractivity contribution in [1.82, 2.24) is 10.3 Å². The molecule has 0 aliphatic heterocycles. The Balaban J connectivity index is 2.38. The summed E-state index contributed by atoms with van der Waals surface area (Å²) in [4.78, 5) is 14.6. The number of hydrogen-bond acceptors (Lipinski definition) is 3. The van der Waals surface area contributed by atoms with E-state index in [1.165, 1.54) is 11.3 Å². The Labute approximate surface area is 83.7 Å². The first kappa shape index (κ1) is 9.77. The van der Waals surface area contributed by atoms with Crippen molar-refractivity contribution in [3.63, 3.8) is 0 Å². The number of amides is 1. The summed E-state index contributed by atoms with van der Waals surface area (Å²) in [6.45, 7) is 0.384. The van der Waals surface area contributed by atoms with Crippen LogP contribution in [0.15, 0.2) is 5.38 Å². The molecule has 1 rings (SSSR count). The van der Waals surface area contributed by atoms with Crippen molar-refractivity contribution in [2.75, 3.05) is 5.88 Å². The van der Waals surface area contributed by atoms with Crippen LogP contribution < -0.4 is 5.32 Å². The van der Waals surface area contributed by atoms with E-state index in [-0.39, 0.29) is 11.8 Å². The highest BCUT2D eigenvalue weighted by molar-refractivity contribution is 7.13. The lowest BCUT2D eigenvalue weighted by atomic mass is 10.5. The molecule has 6 heteroatoms. The van der Waals surface area contributed by atoms with Crippen molar-refractivity contribution >= 4 is 40.4 Å². The summed E-state index contributed by atoms with van der Waals surface area (Å²) in [7, 11) is 0. The van der Waals surface area contributed by atoms with Gasteiger partial charge in [-0.2, -0.15) is 0 Å². The summed E-state index contributed by atoms with van der Waals surface area (Å²) in [6.07, 6.45) is 0. The van der Waals surface area contributed by atoms with Crippen LogP contribution in [-0.4, -0.2) is 16.8 Å². The number of aromatic nitrogens is 1. The molecule has 1 heterocycles. The average molecular weight is 225 g/mol. The lowest BCUT2D eigenvalue weighted by Gasteiger charge is -1.97. The van der Waals surface area contributed by atoms with Gasteiger partial charge in [0.2, 0.25) is 5.91 Å². The molecule has 1 N–H and O–H groups in total. The molecule has 0 fully saturated rings. The van der Waals surface area contributed by atoms with Crippen LogP contribution in [0.25, 0.3) is 0 Å². The Morgan fingerprint density at radius 2 is 2.50 bits per heavy atom. The van der Waals surface area contributed by atoms with Gasteiger partial charge in [-0.05, 0) is 0 Å². The number of hydrogen-bond donors (Lipinski definition) is 1.